The molecule has 0 amide bonds. The van der Waals surface area contributed by atoms with Crippen LogP contribution in [0.25, 0.3) is 0 Å². The molecule has 0 fully saturated rings. The normalized spacial score (nSPS) is 11.9. The first-order chi connectivity index (χ1) is 12.2. The maximum absolute atomic E-state index is 6.01. The van der Waals surface area contributed by atoms with Crippen molar-refractivity contribution in [1.82, 2.24) is 5.32 Å². The van der Waals surface area contributed by atoms with Crippen molar-refractivity contribution in [2.24, 2.45) is 0 Å². The first kappa shape index (κ1) is 17.5. The van der Waals surface area contributed by atoms with Crippen molar-refractivity contribution in [2.75, 3.05) is 0 Å². The van der Waals surface area contributed by atoms with Crippen molar-refractivity contribution >= 4 is 11.6 Å². The lowest BCUT2D eigenvalue weighted by molar-refractivity contribution is 0.306. The summed E-state index contributed by atoms with van der Waals surface area (Å²) in [6.45, 7) is 3.48. The standard InChI is InChI=1S/C22H22ClNO/c1-17(20-9-3-2-4-10-20)24-15-18-7-6-12-22(14-18)25-16-19-8-5-11-21(23)13-19/h2-14,17,24H,15-16H2,1H3. The zero-order valence-corrected chi connectivity index (χ0v) is 15.0. The third-order valence-corrected chi connectivity index (χ3v) is 4.34. The van der Waals surface area contributed by atoms with Crippen molar-refractivity contribution in [1.29, 1.82) is 0 Å². The van der Waals surface area contributed by atoms with E-state index in [1.807, 2.05) is 42.5 Å². The van der Waals surface area contributed by atoms with E-state index in [9.17, 15) is 0 Å². The number of hydrogen-bond donors (Lipinski definition) is 1. The molecule has 0 spiro atoms. The largest absolute Gasteiger partial charge is 0.489 e. The SMILES string of the molecule is CC(NCc1cccc(OCc2cccc(Cl)c2)c1)c1ccccc1. The maximum atomic E-state index is 6.01. The Morgan fingerprint density at radius 1 is 0.880 bits per heavy atom. The van der Waals surface area contributed by atoms with Gasteiger partial charge in [-0.3, -0.25) is 0 Å². The van der Waals surface area contributed by atoms with Gasteiger partial charge < -0.3 is 10.1 Å². The second kappa shape index (κ2) is 8.70. The summed E-state index contributed by atoms with van der Waals surface area (Å²) in [7, 11) is 0. The van der Waals surface area contributed by atoms with Crippen molar-refractivity contribution in [3.05, 3.63) is 101 Å². The molecule has 0 aliphatic heterocycles. The van der Waals surface area contributed by atoms with E-state index in [1.54, 1.807) is 0 Å². The van der Waals surface area contributed by atoms with Crippen LogP contribution < -0.4 is 10.1 Å². The Morgan fingerprint density at radius 3 is 2.44 bits per heavy atom. The number of halogens is 1. The first-order valence-corrected chi connectivity index (χ1v) is 8.83. The Bertz CT molecular complexity index is 804. The van der Waals surface area contributed by atoms with Crippen molar-refractivity contribution in [3.63, 3.8) is 0 Å². The van der Waals surface area contributed by atoms with Gasteiger partial charge in [0.1, 0.15) is 12.4 Å². The van der Waals surface area contributed by atoms with E-state index in [4.69, 9.17) is 16.3 Å². The van der Waals surface area contributed by atoms with Crippen LogP contribution in [0.15, 0.2) is 78.9 Å². The first-order valence-electron chi connectivity index (χ1n) is 8.45. The van der Waals surface area contributed by atoms with Crippen LogP contribution in [0.5, 0.6) is 5.75 Å². The van der Waals surface area contributed by atoms with Gasteiger partial charge >= 0.3 is 0 Å². The van der Waals surface area contributed by atoms with Crippen LogP contribution in [0.4, 0.5) is 0 Å². The van der Waals surface area contributed by atoms with Gasteiger partial charge in [-0.05, 0) is 47.9 Å². The molecule has 0 saturated heterocycles. The summed E-state index contributed by atoms with van der Waals surface area (Å²) in [5, 5.41) is 4.28. The average Bonchev–Trinajstić information content (AvgIpc) is 2.65. The summed E-state index contributed by atoms with van der Waals surface area (Å²) in [4.78, 5) is 0. The Balaban J connectivity index is 1.56. The van der Waals surface area contributed by atoms with Gasteiger partial charge in [0.25, 0.3) is 0 Å². The van der Waals surface area contributed by atoms with Gasteiger partial charge in [-0.2, -0.15) is 0 Å². The molecule has 0 aliphatic rings. The highest BCUT2D eigenvalue weighted by Gasteiger charge is 2.05. The molecule has 1 unspecified atom stereocenters. The lowest BCUT2D eigenvalue weighted by Gasteiger charge is -2.15. The second-order valence-electron chi connectivity index (χ2n) is 6.08. The van der Waals surface area contributed by atoms with Crippen molar-refractivity contribution in [3.8, 4) is 5.75 Å². The van der Waals surface area contributed by atoms with Gasteiger partial charge in [0, 0.05) is 17.6 Å². The Morgan fingerprint density at radius 2 is 1.64 bits per heavy atom. The minimum absolute atomic E-state index is 0.303. The Labute approximate surface area is 154 Å². The van der Waals surface area contributed by atoms with Crippen LogP contribution in [0.3, 0.4) is 0 Å². The maximum Gasteiger partial charge on any atom is 0.120 e. The smallest absolute Gasteiger partial charge is 0.120 e. The van der Waals surface area contributed by atoms with Crippen LogP contribution in [-0.2, 0) is 13.2 Å². The number of rotatable bonds is 7. The molecule has 3 aromatic carbocycles. The highest BCUT2D eigenvalue weighted by atomic mass is 35.5. The minimum atomic E-state index is 0.303. The zero-order valence-electron chi connectivity index (χ0n) is 14.3. The summed E-state index contributed by atoms with van der Waals surface area (Å²) in [5.74, 6) is 0.867. The van der Waals surface area contributed by atoms with Gasteiger partial charge in [0.15, 0.2) is 0 Å². The third kappa shape index (κ3) is 5.35. The van der Waals surface area contributed by atoms with Gasteiger partial charge in [0.2, 0.25) is 0 Å². The molecule has 3 rings (SSSR count). The van der Waals surface area contributed by atoms with Crippen LogP contribution in [0.2, 0.25) is 5.02 Å². The molecular weight excluding hydrogens is 330 g/mol. The van der Waals surface area contributed by atoms with E-state index in [2.05, 4.69) is 48.6 Å². The molecule has 128 valence electrons. The van der Waals surface area contributed by atoms with E-state index < -0.39 is 0 Å². The predicted molar refractivity (Wildman–Crippen MR) is 104 cm³/mol. The average molecular weight is 352 g/mol. The van der Waals surface area contributed by atoms with E-state index in [0.29, 0.717) is 12.6 Å². The molecule has 0 radical (unpaired) electrons. The number of benzene rings is 3. The summed E-state index contributed by atoms with van der Waals surface area (Å²) >= 11 is 6.01. The minimum Gasteiger partial charge on any atom is -0.489 e. The van der Waals surface area contributed by atoms with E-state index >= 15 is 0 Å². The van der Waals surface area contributed by atoms with Gasteiger partial charge in [-0.1, -0.05) is 66.2 Å². The lowest BCUT2D eigenvalue weighted by Crippen LogP contribution is -2.17. The topological polar surface area (TPSA) is 21.3 Å². The monoisotopic (exact) mass is 351 g/mol. The third-order valence-electron chi connectivity index (χ3n) is 4.10. The molecule has 0 saturated carbocycles. The molecule has 3 aromatic rings. The van der Waals surface area contributed by atoms with E-state index in [0.717, 1.165) is 22.9 Å². The number of hydrogen-bond acceptors (Lipinski definition) is 2. The second-order valence-corrected chi connectivity index (χ2v) is 6.52. The molecule has 2 nitrogen and oxygen atoms in total. The van der Waals surface area contributed by atoms with Crippen molar-refractivity contribution in [2.45, 2.75) is 26.1 Å². The summed E-state index contributed by atoms with van der Waals surface area (Å²) in [6.07, 6.45) is 0. The van der Waals surface area contributed by atoms with Crippen LogP contribution in [-0.4, -0.2) is 0 Å². The van der Waals surface area contributed by atoms with Gasteiger partial charge in [-0.15, -0.1) is 0 Å². The predicted octanol–water partition coefficient (Wildman–Crippen LogP) is 5.77. The van der Waals surface area contributed by atoms with Crippen molar-refractivity contribution < 1.29 is 4.74 Å². The highest BCUT2D eigenvalue weighted by molar-refractivity contribution is 6.30. The van der Waals surface area contributed by atoms with E-state index in [-0.39, 0.29) is 0 Å². The molecule has 0 aliphatic carbocycles. The fraction of sp³-hybridized carbons (Fsp3) is 0.182. The molecule has 1 atom stereocenters. The molecule has 0 bridgehead atoms. The zero-order chi connectivity index (χ0) is 17.5. The lowest BCUT2D eigenvalue weighted by atomic mass is 10.1. The summed E-state index contributed by atoms with van der Waals surface area (Å²) < 4.78 is 5.89. The molecule has 0 heterocycles. The molecule has 25 heavy (non-hydrogen) atoms. The fourth-order valence-corrected chi connectivity index (χ4v) is 2.88. The Kier molecular flexibility index (Phi) is 6.10. The van der Waals surface area contributed by atoms with Gasteiger partial charge in [-0.25, -0.2) is 0 Å². The fourth-order valence-electron chi connectivity index (χ4n) is 2.67. The van der Waals surface area contributed by atoms with E-state index in [1.165, 1.54) is 11.1 Å². The van der Waals surface area contributed by atoms with Crippen LogP contribution in [0, 0.1) is 0 Å². The highest BCUT2D eigenvalue weighted by Crippen LogP contribution is 2.18. The molecular formula is C22H22ClNO. The van der Waals surface area contributed by atoms with Crippen LogP contribution in [0.1, 0.15) is 29.7 Å². The number of ether oxygens (including phenoxy) is 1. The molecule has 3 heteroatoms. The Hall–Kier alpha value is -2.29. The van der Waals surface area contributed by atoms with Crippen LogP contribution >= 0.6 is 11.6 Å². The molecule has 0 aromatic heterocycles. The summed E-state index contributed by atoms with van der Waals surface area (Å²) in [5.41, 5.74) is 3.55. The molecule has 1 N–H and O–H groups in total. The van der Waals surface area contributed by atoms with Gasteiger partial charge in [0.05, 0.1) is 0 Å². The quantitative estimate of drug-likeness (QED) is 0.583. The number of nitrogens with one attached hydrogen (secondary N) is 1. The summed E-state index contributed by atoms with van der Waals surface area (Å²) in [6, 6.07) is 26.7.